The number of aryl methyl sites for hydroxylation is 1. The highest BCUT2D eigenvalue weighted by molar-refractivity contribution is 6.03. The van der Waals surface area contributed by atoms with Gasteiger partial charge in [-0.05, 0) is 103 Å². The molecule has 0 fully saturated rings. The van der Waals surface area contributed by atoms with Gasteiger partial charge in [0.2, 0.25) is 0 Å². The molecule has 0 heterocycles. The molecule has 0 heteroatoms. The van der Waals surface area contributed by atoms with E-state index in [2.05, 4.69) is 178 Å². The molecule has 5 aromatic carbocycles. The first-order valence-corrected chi connectivity index (χ1v) is 16.8. The molecule has 0 aliphatic heterocycles. The Morgan fingerprint density at radius 2 is 1.23 bits per heavy atom. The van der Waals surface area contributed by atoms with Gasteiger partial charge >= 0.3 is 0 Å². The zero-order valence-electron chi connectivity index (χ0n) is 27.1. The summed E-state index contributed by atoms with van der Waals surface area (Å²) in [5.74, 6) is 0. The number of hydrogen-bond acceptors (Lipinski definition) is 0. The van der Waals surface area contributed by atoms with Crippen molar-refractivity contribution < 1.29 is 0 Å². The van der Waals surface area contributed by atoms with E-state index in [9.17, 15) is 0 Å². The molecule has 1 unspecified atom stereocenters. The molecule has 8 rings (SSSR count). The molecule has 0 N–H and O–H groups in total. The summed E-state index contributed by atoms with van der Waals surface area (Å²) in [6.45, 7) is 8.79. The van der Waals surface area contributed by atoms with Crippen LogP contribution in [-0.2, 0) is 11.8 Å². The maximum atomic E-state index is 4.39. The smallest absolute Gasteiger partial charge is 0.0731 e. The predicted molar refractivity (Wildman–Crippen MR) is 201 cm³/mol. The standard InChI is InChI=1S/C47H38/c1-4-15-33-27-29-34(30-28-33)38-23-14-24-41-39-21-10-12-25-44(39)47(46(38)41)43(16-5-2)42(40-22-11-13-26-45(40)47)31-35-18-7-6-17-32(3)36-19-8-9-20-37(35)36/h5-14,16-31H,3-4,15H2,1-2H3/b16-5+,17-6-,18-7-,35-31+. The first kappa shape index (κ1) is 29.0. The van der Waals surface area contributed by atoms with Gasteiger partial charge < -0.3 is 0 Å². The molecule has 1 atom stereocenters. The van der Waals surface area contributed by atoms with Crippen molar-refractivity contribution in [1.29, 1.82) is 0 Å². The SMILES string of the molecule is C=C1\C=C/C=C\C(=C/C2=C(/C=C/C)C3(c4ccccc42)c2ccccc2-c2cccc(-c4ccc(CCC)cc4)c23)c2ccccc21. The summed E-state index contributed by atoms with van der Waals surface area (Å²) < 4.78 is 0. The third kappa shape index (κ3) is 4.43. The minimum absolute atomic E-state index is 0.464. The number of allylic oxidation sites excluding steroid dienone is 11. The van der Waals surface area contributed by atoms with Crippen LogP contribution in [-0.4, -0.2) is 0 Å². The highest BCUT2D eigenvalue weighted by atomic mass is 14.5. The third-order valence-electron chi connectivity index (χ3n) is 10.1. The van der Waals surface area contributed by atoms with Crippen LogP contribution in [0.25, 0.3) is 39.0 Å². The van der Waals surface area contributed by atoms with Gasteiger partial charge in [0.05, 0.1) is 5.41 Å². The zero-order valence-corrected chi connectivity index (χ0v) is 27.1. The fraction of sp³-hybridized carbons (Fsp3) is 0.106. The van der Waals surface area contributed by atoms with Crippen LogP contribution in [0.3, 0.4) is 0 Å². The van der Waals surface area contributed by atoms with E-state index in [0.29, 0.717) is 0 Å². The Morgan fingerprint density at radius 3 is 1.98 bits per heavy atom. The van der Waals surface area contributed by atoms with E-state index < -0.39 is 5.41 Å². The van der Waals surface area contributed by atoms with E-state index in [1.807, 2.05) is 0 Å². The fourth-order valence-electron chi connectivity index (χ4n) is 8.18. The Morgan fingerprint density at radius 1 is 0.617 bits per heavy atom. The fourth-order valence-corrected chi connectivity index (χ4v) is 8.18. The summed E-state index contributed by atoms with van der Waals surface area (Å²) in [6, 6.07) is 43.0. The van der Waals surface area contributed by atoms with E-state index >= 15 is 0 Å². The second-order valence-electron chi connectivity index (χ2n) is 12.7. The van der Waals surface area contributed by atoms with E-state index in [1.54, 1.807) is 0 Å². The van der Waals surface area contributed by atoms with Crippen molar-refractivity contribution in [1.82, 2.24) is 0 Å². The minimum atomic E-state index is -0.464. The molecular formula is C47H38. The molecule has 0 saturated carbocycles. The summed E-state index contributed by atoms with van der Waals surface area (Å²) in [6.07, 6.45) is 17.8. The second-order valence-corrected chi connectivity index (χ2v) is 12.7. The molecule has 3 aliphatic carbocycles. The van der Waals surface area contributed by atoms with Crippen molar-refractivity contribution in [2.75, 3.05) is 0 Å². The normalized spacial score (nSPS) is 19.8. The molecular weight excluding hydrogens is 565 g/mol. The highest BCUT2D eigenvalue weighted by Crippen LogP contribution is 2.64. The quantitative estimate of drug-likeness (QED) is 0.188. The number of benzene rings is 5. The van der Waals surface area contributed by atoms with Crippen LogP contribution in [0.15, 0.2) is 170 Å². The van der Waals surface area contributed by atoms with Crippen molar-refractivity contribution in [2.24, 2.45) is 0 Å². The monoisotopic (exact) mass is 602 g/mol. The molecule has 0 bridgehead atoms. The summed E-state index contributed by atoms with van der Waals surface area (Å²) in [4.78, 5) is 0. The van der Waals surface area contributed by atoms with Gasteiger partial charge in [0, 0.05) is 0 Å². The lowest BCUT2D eigenvalue weighted by Gasteiger charge is -2.33. The lowest BCUT2D eigenvalue weighted by molar-refractivity contribution is 0.788. The van der Waals surface area contributed by atoms with Gasteiger partial charge in [-0.25, -0.2) is 0 Å². The summed E-state index contributed by atoms with van der Waals surface area (Å²) in [7, 11) is 0. The van der Waals surface area contributed by atoms with Crippen LogP contribution in [0, 0.1) is 0 Å². The Labute approximate surface area is 279 Å². The van der Waals surface area contributed by atoms with Crippen molar-refractivity contribution in [3.05, 3.63) is 209 Å². The summed E-state index contributed by atoms with van der Waals surface area (Å²) >= 11 is 0. The van der Waals surface area contributed by atoms with E-state index in [0.717, 1.165) is 18.4 Å². The lowest BCUT2D eigenvalue weighted by atomic mass is 9.67. The van der Waals surface area contributed by atoms with Gasteiger partial charge in [-0.2, -0.15) is 0 Å². The Balaban J connectivity index is 1.48. The Hall–Kier alpha value is -5.46. The molecule has 47 heavy (non-hydrogen) atoms. The summed E-state index contributed by atoms with van der Waals surface area (Å²) in [5, 5.41) is 0. The van der Waals surface area contributed by atoms with Gasteiger partial charge in [-0.15, -0.1) is 0 Å². The van der Waals surface area contributed by atoms with Gasteiger partial charge in [-0.3, -0.25) is 0 Å². The molecule has 0 amide bonds. The van der Waals surface area contributed by atoms with Crippen LogP contribution >= 0.6 is 0 Å². The molecule has 226 valence electrons. The molecule has 3 aliphatic rings. The number of fused-ring (bicyclic) bond motifs is 8. The van der Waals surface area contributed by atoms with Crippen molar-refractivity contribution >= 4 is 16.7 Å². The largest absolute Gasteiger partial charge is 0.0911 e. The first-order valence-electron chi connectivity index (χ1n) is 16.8. The van der Waals surface area contributed by atoms with Crippen LogP contribution in [0.5, 0.6) is 0 Å². The molecule has 0 radical (unpaired) electrons. The van der Waals surface area contributed by atoms with Gasteiger partial charge in [-0.1, -0.05) is 172 Å². The number of hydrogen-bond donors (Lipinski definition) is 0. The average Bonchev–Trinajstić information content (AvgIpc) is 3.56. The molecule has 5 aromatic rings. The highest BCUT2D eigenvalue weighted by Gasteiger charge is 2.53. The van der Waals surface area contributed by atoms with Crippen molar-refractivity contribution in [3.8, 4) is 22.3 Å². The molecule has 0 nitrogen and oxygen atoms in total. The maximum absolute atomic E-state index is 4.39. The lowest BCUT2D eigenvalue weighted by Crippen LogP contribution is -2.27. The van der Waals surface area contributed by atoms with Gasteiger partial charge in [0.1, 0.15) is 0 Å². The second kappa shape index (κ2) is 11.7. The predicted octanol–water partition coefficient (Wildman–Crippen LogP) is 12.2. The molecule has 0 aromatic heterocycles. The van der Waals surface area contributed by atoms with E-state index in [1.165, 1.54) is 77.9 Å². The van der Waals surface area contributed by atoms with Crippen LogP contribution in [0.2, 0.25) is 0 Å². The van der Waals surface area contributed by atoms with Crippen molar-refractivity contribution in [2.45, 2.75) is 32.1 Å². The van der Waals surface area contributed by atoms with E-state index in [-0.39, 0.29) is 0 Å². The Kier molecular flexibility index (Phi) is 7.23. The average molecular weight is 603 g/mol. The molecule has 1 spiro atoms. The minimum Gasteiger partial charge on any atom is -0.0911 e. The van der Waals surface area contributed by atoms with Crippen LogP contribution in [0.1, 0.15) is 59.2 Å². The topological polar surface area (TPSA) is 0 Å². The van der Waals surface area contributed by atoms with Gasteiger partial charge in [0.25, 0.3) is 0 Å². The van der Waals surface area contributed by atoms with E-state index in [4.69, 9.17) is 0 Å². The first-order chi connectivity index (χ1) is 23.2. The van der Waals surface area contributed by atoms with Gasteiger partial charge in [0.15, 0.2) is 0 Å². The maximum Gasteiger partial charge on any atom is 0.0731 e. The van der Waals surface area contributed by atoms with Crippen molar-refractivity contribution in [3.63, 3.8) is 0 Å². The number of rotatable bonds is 5. The van der Waals surface area contributed by atoms with Crippen LogP contribution < -0.4 is 0 Å². The summed E-state index contributed by atoms with van der Waals surface area (Å²) in [5.41, 5.74) is 18.6. The third-order valence-corrected chi connectivity index (χ3v) is 10.1. The molecule has 0 saturated heterocycles. The Bertz CT molecular complexity index is 2210. The zero-order chi connectivity index (χ0) is 32.0. The van der Waals surface area contributed by atoms with Crippen LogP contribution in [0.4, 0.5) is 0 Å².